The van der Waals surface area contributed by atoms with Crippen molar-refractivity contribution in [1.82, 2.24) is 9.88 Å². The maximum absolute atomic E-state index is 13.4. The molecule has 0 radical (unpaired) electrons. The van der Waals surface area contributed by atoms with Gasteiger partial charge in [-0.25, -0.2) is 4.98 Å². The number of methoxy groups -OCH3 is 2. The SMILES string of the molecule is CCN(CC)CCN(C(=O)c1ccc(OC)cc1)c1nc2c(OC)ccc(Cl)c2s1.Cl. The third-order valence-electron chi connectivity index (χ3n) is 5.01. The van der Waals surface area contributed by atoms with Gasteiger partial charge in [-0.15, -0.1) is 12.4 Å². The number of hydrogen-bond acceptors (Lipinski definition) is 6. The van der Waals surface area contributed by atoms with Crippen LogP contribution in [-0.2, 0) is 0 Å². The van der Waals surface area contributed by atoms with Crippen molar-refractivity contribution in [3.63, 3.8) is 0 Å². The van der Waals surface area contributed by atoms with Crippen LogP contribution in [0.1, 0.15) is 24.2 Å². The maximum Gasteiger partial charge on any atom is 0.260 e. The van der Waals surface area contributed by atoms with E-state index in [0.29, 0.717) is 39.3 Å². The van der Waals surface area contributed by atoms with Crippen molar-refractivity contribution in [3.8, 4) is 11.5 Å². The summed E-state index contributed by atoms with van der Waals surface area (Å²) in [7, 11) is 3.20. The molecular formula is C22H27Cl2N3O3S. The van der Waals surface area contributed by atoms with Gasteiger partial charge in [0.1, 0.15) is 17.0 Å². The lowest BCUT2D eigenvalue weighted by molar-refractivity contribution is 0.0983. The van der Waals surface area contributed by atoms with Crippen molar-refractivity contribution in [2.75, 3.05) is 45.3 Å². The Labute approximate surface area is 198 Å². The molecule has 9 heteroatoms. The fourth-order valence-electron chi connectivity index (χ4n) is 3.18. The van der Waals surface area contributed by atoms with E-state index in [-0.39, 0.29) is 18.3 Å². The Bertz CT molecular complexity index is 1010. The number of likely N-dealkylation sites (N-methyl/N-ethyl adjacent to an activating group) is 1. The molecule has 0 aliphatic heterocycles. The minimum absolute atomic E-state index is 0. The van der Waals surface area contributed by atoms with E-state index >= 15 is 0 Å². The molecule has 0 spiro atoms. The number of nitrogens with zero attached hydrogens (tertiary/aromatic N) is 3. The number of hydrogen-bond donors (Lipinski definition) is 0. The van der Waals surface area contributed by atoms with Crippen molar-refractivity contribution in [3.05, 3.63) is 47.0 Å². The Morgan fingerprint density at radius 1 is 1.03 bits per heavy atom. The summed E-state index contributed by atoms with van der Waals surface area (Å²) in [6.07, 6.45) is 0. The molecule has 31 heavy (non-hydrogen) atoms. The summed E-state index contributed by atoms with van der Waals surface area (Å²) in [4.78, 5) is 22.1. The van der Waals surface area contributed by atoms with Gasteiger partial charge in [0.25, 0.3) is 5.91 Å². The second kappa shape index (κ2) is 11.5. The van der Waals surface area contributed by atoms with Crippen LogP contribution in [0.3, 0.4) is 0 Å². The largest absolute Gasteiger partial charge is 0.497 e. The highest BCUT2D eigenvalue weighted by molar-refractivity contribution is 7.23. The highest BCUT2D eigenvalue weighted by Crippen LogP contribution is 2.39. The predicted molar refractivity (Wildman–Crippen MR) is 131 cm³/mol. The first-order chi connectivity index (χ1) is 14.5. The number of aromatic nitrogens is 1. The molecule has 3 rings (SSSR count). The number of carbonyl (C=O) groups excluding carboxylic acids is 1. The zero-order valence-electron chi connectivity index (χ0n) is 18.1. The lowest BCUT2D eigenvalue weighted by Gasteiger charge is -2.24. The smallest absolute Gasteiger partial charge is 0.260 e. The average molecular weight is 484 g/mol. The molecule has 3 aromatic rings. The van der Waals surface area contributed by atoms with E-state index in [9.17, 15) is 4.79 Å². The molecule has 0 unspecified atom stereocenters. The standard InChI is InChI=1S/C22H26ClN3O3S.ClH/c1-5-25(6-2)13-14-26(21(27)15-7-9-16(28-3)10-8-15)22-24-19-18(29-4)12-11-17(23)20(19)30-22;/h7-12H,5-6,13-14H2,1-4H3;1H. The molecule has 2 aromatic carbocycles. The third kappa shape index (κ3) is 5.60. The Morgan fingerprint density at radius 3 is 2.29 bits per heavy atom. The second-order valence-corrected chi connectivity index (χ2v) is 8.02. The van der Waals surface area contributed by atoms with E-state index in [2.05, 4.69) is 18.7 Å². The molecule has 168 valence electrons. The van der Waals surface area contributed by atoms with Gasteiger partial charge in [-0.2, -0.15) is 0 Å². The van der Waals surface area contributed by atoms with Crippen LogP contribution in [0.4, 0.5) is 5.13 Å². The van der Waals surface area contributed by atoms with Gasteiger partial charge >= 0.3 is 0 Å². The van der Waals surface area contributed by atoms with Crippen molar-refractivity contribution >= 4 is 56.6 Å². The zero-order chi connectivity index (χ0) is 21.7. The molecule has 1 amide bonds. The number of halogens is 2. The Balaban J connectivity index is 0.00000341. The van der Waals surface area contributed by atoms with E-state index in [0.717, 1.165) is 24.3 Å². The van der Waals surface area contributed by atoms with Gasteiger partial charge < -0.3 is 14.4 Å². The number of fused-ring (bicyclic) bond motifs is 1. The highest BCUT2D eigenvalue weighted by atomic mass is 35.5. The molecular weight excluding hydrogens is 457 g/mol. The fraction of sp³-hybridized carbons (Fsp3) is 0.364. The topological polar surface area (TPSA) is 54.9 Å². The molecule has 0 bridgehead atoms. The average Bonchev–Trinajstić information content (AvgIpc) is 3.23. The number of amides is 1. The van der Waals surface area contributed by atoms with Gasteiger partial charge in [0.2, 0.25) is 0 Å². The summed E-state index contributed by atoms with van der Waals surface area (Å²) >= 11 is 7.79. The first kappa shape index (κ1) is 25.2. The van der Waals surface area contributed by atoms with Gasteiger partial charge in [0.15, 0.2) is 5.13 Å². The summed E-state index contributed by atoms with van der Waals surface area (Å²) < 4.78 is 11.5. The van der Waals surface area contributed by atoms with E-state index < -0.39 is 0 Å². The van der Waals surface area contributed by atoms with Crippen LogP contribution in [0.25, 0.3) is 10.2 Å². The third-order valence-corrected chi connectivity index (χ3v) is 6.55. The number of ether oxygens (including phenoxy) is 2. The van der Waals surface area contributed by atoms with Crippen LogP contribution in [0.2, 0.25) is 5.02 Å². The lowest BCUT2D eigenvalue weighted by Crippen LogP contribution is -2.38. The van der Waals surface area contributed by atoms with E-state index in [1.807, 2.05) is 0 Å². The minimum atomic E-state index is -0.112. The van der Waals surface area contributed by atoms with Crippen molar-refractivity contribution < 1.29 is 14.3 Å². The number of thiazole rings is 1. The summed E-state index contributed by atoms with van der Waals surface area (Å²) in [5, 5.41) is 1.19. The van der Waals surface area contributed by atoms with Gasteiger partial charge in [0, 0.05) is 18.7 Å². The summed E-state index contributed by atoms with van der Waals surface area (Å²) in [5.41, 5.74) is 1.24. The van der Waals surface area contributed by atoms with Crippen LogP contribution in [0.15, 0.2) is 36.4 Å². The predicted octanol–water partition coefficient (Wildman–Crippen LogP) is 5.38. The molecule has 1 heterocycles. The Kier molecular flexibility index (Phi) is 9.37. The Morgan fingerprint density at radius 2 is 1.71 bits per heavy atom. The molecule has 0 fully saturated rings. The quantitative estimate of drug-likeness (QED) is 0.408. The van der Waals surface area contributed by atoms with E-state index in [1.54, 1.807) is 55.5 Å². The molecule has 0 atom stereocenters. The second-order valence-electron chi connectivity index (χ2n) is 6.64. The first-order valence-electron chi connectivity index (χ1n) is 9.83. The van der Waals surface area contributed by atoms with E-state index in [4.69, 9.17) is 26.1 Å². The molecule has 0 saturated heterocycles. The summed E-state index contributed by atoms with van der Waals surface area (Å²) in [6, 6.07) is 10.7. The number of benzene rings is 2. The molecule has 0 saturated carbocycles. The summed E-state index contributed by atoms with van der Waals surface area (Å²) in [5.74, 6) is 1.23. The number of rotatable bonds is 9. The molecule has 1 aromatic heterocycles. The van der Waals surface area contributed by atoms with Crippen molar-refractivity contribution in [2.24, 2.45) is 0 Å². The van der Waals surface area contributed by atoms with Gasteiger partial charge in [-0.05, 0) is 49.5 Å². The normalized spacial score (nSPS) is 10.8. The van der Waals surface area contributed by atoms with Gasteiger partial charge in [0.05, 0.1) is 23.9 Å². The number of anilines is 1. The highest BCUT2D eigenvalue weighted by Gasteiger charge is 2.23. The fourth-order valence-corrected chi connectivity index (χ4v) is 4.46. The van der Waals surface area contributed by atoms with Gasteiger partial charge in [-0.3, -0.25) is 9.69 Å². The molecule has 0 aliphatic rings. The van der Waals surface area contributed by atoms with E-state index in [1.165, 1.54) is 11.3 Å². The monoisotopic (exact) mass is 483 g/mol. The minimum Gasteiger partial charge on any atom is -0.497 e. The van der Waals surface area contributed by atoms with Crippen LogP contribution in [0, 0.1) is 0 Å². The van der Waals surface area contributed by atoms with Gasteiger partial charge in [-0.1, -0.05) is 36.8 Å². The molecule has 0 aliphatic carbocycles. The zero-order valence-corrected chi connectivity index (χ0v) is 20.4. The van der Waals surface area contributed by atoms with Crippen LogP contribution < -0.4 is 14.4 Å². The molecule has 6 nitrogen and oxygen atoms in total. The molecule has 0 N–H and O–H groups in total. The van der Waals surface area contributed by atoms with Crippen molar-refractivity contribution in [1.29, 1.82) is 0 Å². The van der Waals surface area contributed by atoms with Crippen LogP contribution in [-0.4, -0.2) is 56.2 Å². The van der Waals surface area contributed by atoms with Crippen LogP contribution >= 0.6 is 35.3 Å². The summed E-state index contributed by atoms with van der Waals surface area (Å²) in [6.45, 7) is 7.33. The lowest BCUT2D eigenvalue weighted by atomic mass is 10.2. The van der Waals surface area contributed by atoms with Crippen molar-refractivity contribution in [2.45, 2.75) is 13.8 Å². The van der Waals surface area contributed by atoms with Crippen LogP contribution in [0.5, 0.6) is 11.5 Å². The maximum atomic E-state index is 13.4. The first-order valence-corrected chi connectivity index (χ1v) is 11.0. The number of carbonyl (C=O) groups is 1. The Hall–Kier alpha value is -2.06.